The highest BCUT2D eigenvalue weighted by atomic mass is 79.9. The van der Waals surface area contributed by atoms with Gasteiger partial charge >= 0.3 is 0 Å². The van der Waals surface area contributed by atoms with E-state index in [9.17, 15) is 0 Å². The van der Waals surface area contributed by atoms with Crippen LogP contribution in [0.3, 0.4) is 0 Å². The van der Waals surface area contributed by atoms with E-state index in [2.05, 4.69) is 26.1 Å². The first-order valence-corrected chi connectivity index (χ1v) is 2.93. The SMILES string of the molecule is OCc1c[nH]nc1Br. The van der Waals surface area contributed by atoms with Gasteiger partial charge in [0.1, 0.15) is 4.60 Å². The summed E-state index contributed by atoms with van der Waals surface area (Å²) in [6, 6.07) is 0. The lowest BCUT2D eigenvalue weighted by atomic mass is 10.4. The molecule has 0 saturated carbocycles. The molecular weight excluding hydrogens is 172 g/mol. The predicted molar refractivity (Wildman–Crippen MR) is 32.2 cm³/mol. The zero-order valence-electron chi connectivity index (χ0n) is 4.06. The van der Waals surface area contributed by atoms with Crippen molar-refractivity contribution < 1.29 is 5.11 Å². The second-order valence-electron chi connectivity index (χ2n) is 1.36. The molecule has 44 valence electrons. The van der Waals surface area contributed by atoms with E-state index in [0.29, 0.717) is 4.60 Å². The Morgan fingerprint density at radius 3 is 2.88 bits per heavy atom. The van der Waals surface area contributed by atoms with Gasteiger partial charge in [-0.25, -0.2) is 0 Å². The van der Waals surface area contributed by atoms with Crippen molar-refractivity contribution in [1.29, 1.82) is 0 Å². The second-order valence-corrected chi connectivity index (χ2v) is 2.11. The van der Waals surface area contributed by atoms with E-state index in [4.69, 9.17) is 5.11 Å². The molecule has 0 amide bonds. The van der Waals surface area contributed by atoms with Crippen LogP contribution in [0.4, 0.5) is 0 Å². The summed E-state index contributed by atoms with van der Waals surface area (Å²) in [6.45, 7) is 0.0249. The van der Waals surface area contributed by atoms with Crippen molar-refractivity contribution >= 4 is 15.9 Å². The molecule has 0 spiro atoms. The maximum Gasteiger partial charge on any atom is 0.133 e. The quantitative estimate of drug-likeness (QED) is 0.661. The van der Waals surface area contributed by atoms with Crippen LogP contribution in [0, 0.1) is 0 Å². The van der Waals surface area contributed by atoms with Crippen molar-refractivity contribution in [2.45, 2.75) is 6.61 Å². The third kappa shape index (κ3) is 0.900. The van der Waals surface area contributed by atoms with Crippen LogP contribution in [0.25, 0.3) is 0 Å². The minimum absolute atomic E-state index is 0.0249. The van der Waals surface area contributed by atoms with E-state index >= 15 is 0 Å². The Morgan fingerprint density at radius 2 is 2.62 bits per heavy atom. The van der Waals surface area contributed by atoms with Crippen LogP contribution < -0.4 is 0 Å². The number of aromatic amines is 1. The van der Waals surface area contributed by atoms with Gasteiger partial charge in [-0.15, -0.1) is 0 Å². The number of nitrogens with zero attached hydrogens (tertiary/aromatic N) is 1. The molecule has 0 atom stereocenters. The van der Waals surface area contributed by atoms with E-state index in [0.717, 1.165) is 5.56 Å². The normalized spacial score (nSPS) is 9.75. The number of aliphatic hydroxyl groups excluding tert-OH is 1. The van der Waals surface area contributed by atoms with Gasteiger partial charge in [0, 0.05) is 11.8 Å². The highest BCUT2D eigenvalue weighted by Gasteiger charge is 1.96. The first-order chi connectivity index (χ1) is 3.84. The summed E-state index contributed by atoms with van der Waals surface area (Å²) in [5.74, 6) is 0. The lowest BCUT2D eigenvalue weighted by Crippen LogP contribution is -1.77. The first-order valence-electron chi connectivity index (χ1n) is 2.13. The van der Waals surface area contributed by atoms with Crippen LogP contribution in [0.5, 0.6) is 0 Å². The van der Waals surface area contributed by atoms with Gasteiger partial charge < -0.3 is 5.11 Å². The average molecular weight is 177 g/mol. The maximum absolute atomic E-state index is 8.52. The zero-order valence-corrected chi connectivity index (χ0v) is 5.64. The van der Waals surface area contributed by atoms with E-state index in [1.165, 1.54) is 0 Å². The molecule has 0 fully saturated rings. The molecule has 0 aliphatic carbocycles. The molecule has 1 rings (SSSR count). The molecule has 3 nitrogen and oxygen atoms in total. The summed E-state index contributed by atoms with van der Waals surface area (Å²) in [4.78, 5) is 0. The monoisotopic (exact) mass is 176 g/mol. The highest BCUT2D eigenvalue weighted by molar-refractivity contribution is 9.10. The van der Waals surface area contributed by atoms with Gasteiger partial charge in [-0.05, 0) is 15.9 Å². The Bertz CT molecular complexity index is 174. The predicted octanol–water partition coefficient (Wildman–Crippen LogP) is 0.664. The van der Waals surface area contributed by atoms with E-state index < -0.39 is 0 Å². The molecule has 0 aliphatic rings. The van der Waals surface area contributed by atoms with Crippen molar-refractivity contribution in [3.05, 3.63) is 16.4 Å². The lowest BCUT2D eigenvalue weighted by Gasteiger charge is -1.83. The Kier molecular flexibility index (Phi) is 1.65. The average Bonchev–Trinajstić information content (AvgIpc) is 2.14. The first kappa shape index (κ1) is 5.78. The number of aromatic nitrogens is 2. The topological polar surface area (TPSA) is 48.9 Å². The molecule has 2 N–H and O–H groups in total. The third-order valence-electron chi connectivity index (χ3n) is 0.837. The van der Waals surface area contributed by atoms with Crippen molar-refractivity contribution in [2.24, 2.45) is 0 Å². The van der Waals surface area contributed by atoms with Crippen molar-refractivity contribution in [2.75, 3.05) is 0 Å². The molecule has 0 saturated heterocycles. The molecule has 0 radical (unpaired) electrons. The molecule has 0 unspecified atom stereocenters. The van der Waals surface area contributed by atoms with E-state index in [1.807, 2.05) is 0 Å². The van der Waals surface area contributed by atoms with Gasteiger partial charge in [0.2, 0.25) is 0 Å². The van der Waals surface area contributed by atoms with Crippen LogP contribution >= 0.6 is 15.9 Å². The van der Waals surface area contributed by atoms with Crippen molar-refractivity contribution in [1.82, 2.24) is 10.2 Å². The van der Waals surface area contributed by atoms with Crippen molar-refractivity contribution in [3.63, 3.8) is 0 Å². The molecule has 1 aromatic rings. The Labute approximate surface area is 54.9 Å². The molecule has 4 heteroatoms. The lowest BCUT2D eigenvalue weighted by molar-refractivity contribution is 0.281. The Balaban J connectivity index is 2.92. The number of hydrogen-bond acceptors (Lipinski definition) is 2. The molecule has 1 aromatic heterocycles. The number of hydrogen-bond donors (Lipinski definition) is 2. The van der Waals surface area contributed by atoms with Crippen LogP contribution in [-0.4, -0.2) is 15.3 Å². The van der Waals surface area contributed by atoms with Crippen LogP contribution in [0.1, 0.15) is 5.56 Å². The molecule has 1 heterocycles. The fourth-order valence-corrected chi connectivity index (χ4v) is 0.751. The van der Waals surface area contributed by atoms with Gasteiger partial charge in [0.15, 0.2) is 0 Å². The summed E-state index contributed by atoms with van der Waals surface area (Å²) in [7, 11) is 0. The molecule has 0 bridgehead atoms. The fraction of sp³-hybridized carbons (Fsp3) is 0.250. The minimum Gasteiger partial charge on any atom is -0.392 e. The summed E-state index contributed by atoms with van der Waals surface area (Å²) in [6.07, 6.45) is 1.64. The molecular formula is C4H5BrN2O. The molecule has 0 aliphatic heterocycles. The Morgan fingerprint density at radius 1 is 1.88 bits per heavy atom. The van der Waals surface area contributed by atoms with Gasteiger partial charge in [-0.1, -0.05) is 0 Å². The van der Waals surface area contributed by atoms with Gasteiger partial charge in [-0.3, -0.25) is 5.10 Å². The summed E-state index contributed by atoms with van der Waals surface area (Å²) >= 11 is 3.12. The Hall–Kier alpha value is -0.350. The fourth-order valence-electron chi connectivity index (χ4n) is 0.409. The number of rotatable bonds is 1. The van der Waals surface area contributed by atoms with Crippen LogP contribution in [0.2, 0.25) is 0 Å². The maximum atomic E-state index is 8.52. The smallest absolute Gasteiger partial charge is 0.133 e. The summed E-state index contributed by atoms with van der Waals surface area (Å²) < 4.78 is 0.681. The van der Waals surface area contributed by atoms with Gasteiger partial charge in [-0.2, -0.15) is 5.10 Å². The minimum atomic E-state index is 0.0249. The highest BCUT2D eigenvalue weighted by Crippen LogP contribution is 2.10. The number of H-pyrrole nitrogens is 1. The van der Waals surface area contributed by atoms with E-state index in [-0.39, 0.29) is 6.61 Å². The van der Waals surface area contributed by atoms with Gasteiger partial charge in [0.05, 0.1) is 6.61 Å². The largest absolute Gasteiger partial charge is 0.392 e. The summed E-state index contributed by atoms with van der Waals surface area (Å²) in [5, 5.41) is 14.8. The number of nitrogens with one attached hydrogen (secondary N) is 1. The van der Waals surface area contributed by atoms with E-state index in [1.54, 1.807) is 6.20 Å². The molecule has 8 heavy (non-hydrogen) atoms. The standard InChI is InChI=1S/C4H5BrN2O/c5-4-3(2-8)1-6-7-4/h1,8H,2H2,(H,6,7). The molecule has 0 aromatic carbocycles. The number of aliphatic hydroxyl groups is 1. The summed E-state index contributed by atoms with van der Waals surface area (Å²) in [5.41, 5.74) is 0.782. The van der Waals surface area contributed by atoms with Crippen molar-refractivity contribution in [3.8, 4) is 0 Å². The second kappa shape index (κ2) is 2.28. The van der Waals surface area contributed by atoms with Crippen LogP contribution in [0.15, 0.2) is 10.8 Å². The third-order valence-corrected chi connectivity index (χ3v) is 1.52. The zero-order chi connectivity index (χ0) is 5.98. The van der Waals surface area contributed by atoms with Gasteiger partial charge in [0.25, 0.3) is 0 Å². The van der Waals surface area contributed by atoms with Crippen LogP contribution in [-0.2, 0) is 6.61 Å². The number of halogens is 1.